The summed E-state index contributed by atoms with van der Waals surface area (Å²) in [6.45, 7) is -0.554. The Bertz CT molecular complexity index is 714. The third-order valence-corrected chi connectivity index (χ3v) is 3.04. The van der Waals surface area contributed by atoms with Crippen molar-refractivity contribution in [3.8, 4) is 23.0 Å². The highest BCUT2D eigenvalue weighted by atomic mass is 19.2. The highest BCUT2D eigenvalue weighted by Crippen LogP contribution is 2.29. The van der Waals surface area contributed by atoms with Gasteiger partial charge in [-0.25, -0.2) is 0 Å². The van der Waals surface area contributed by atoms with Crippen LogP contribution in [-0.4, -0.2) is 35.5 Å². The first kappa shape index (κ1) is 20.7. The van der Waals surface area contributed by atoms with Crippen LogP contribution in [0.25, 0.3) is 0 Å². The minimum atomic E-state index is -1.36. The summed E-state index contributed by atoms with van der Waals surface area (Å²) in [5.41, 5.74) is 0. The molecule has 2 aromatic rings. The Morgan fingerprint density at radius 3 is 1.33 bits per heavy atom. The molecular weight excluding hydrogens is 375 g/mol. The first-order chi connectivity index (χ1) is 13.0. The van der Waals surface area contributed by atoms with Crippen molar-refractivity contribution < 1.29 is 45.8 Å². The van der Waals surface area contributed by atoms with Crippen molar-refractivity contribution >= 4 is 7.69 Å². The number of methoxy groups -OCH3 is 2. The van der Waals surface area contributed by atoms with E-state index in [-0.39, 0.29) is 25.1 Å². The van der Waals surface area contributed by atoms with Crippen molar-refractivity contribution in [1.82, 2.24) is 0 Å². The lowest BCUT2D eigenvalue weighted by Crippen LogP contribution is -2.14. The molecule has 0 aromatic heterocycles. The van der Waals surface area contributed by atoms with Crippen LogP contribution in [-0.2, 0) is 9.47 Å². The second-order valence-corrected chi connectivity index (χ2v) is 4.81. The molecule has 0 spiro atoms. The van der Waals surface area contributed by atoms with E-state index in [0.717, 1.165) is 24.3 Å². The van der Waals surface area contributed by atoms with Crippen LogP contribution in [0, 0.1) is 23.3 Å². The molecule has 0 aliphatic heterocycles. The van der Waals surface area contributed by atoms with E-state index in [1.807, 2.05) is 0 Å². The SMILES string of the molecule is COCOc1ccc(O[B]Oc2ccc(OCOC)c(F)c2F)c(F)c1F. The molecule has 1 radical (unpaired) electrons. The fourth-order valence-electron chi connectivity index (χ4n) is 1.81. The number of halogens is 4. The molecule has 145 valence electrons. The molecule has 0 amide bonds. The Labute approximate surface area is 152 Å². The van der Waals surface area contributed by atoms with Gasteiger partial charge >= 0.3 is 7.69 Å². The summed E-state index contributed by atoms with van der Waals surface area (Å²) in [4.78, 5) is 0. The van der Waals surface area contributed by atoms with Gasteiger partial charge in [-0.3, -0.25) is 0 Å². The molecule has 0 saturated carbocycles. The van der Waals surface area contributed by atoms with Crippen LogP contribution >= 0.6 is 0 Å². The minimum Gasteiger partial charge on any atom is -0.524 e. The largest absolute Gasteiger partial charge is 0.658 e. The topological polar surface area (TPSA) is 55.4 Å². The van der Waals surface area contributed by atoms with Gasteiger partial charge in [0.25, 0.3) is 0 Å². The lowest BCUT2D eigenvalue weighted by molar-refractivity contribution is 0.0476. The summed E-state index contributed by atoms with van der Waals surface area (Å²) in [6.07, 6.45) is 0. The normalized spacial score (nSPS) is 10.4. The molecule has 0 bridgehead atoms. The molecule has 2 aromatic carbocycles. The van der Waals surface area contributed by atoms with Gasteiger partial charge in [0.15, 0.2) is 25.1 Å². The molecule has 0 aliphatic carbocycles. The van der Waals surface area contributed by atoms with Gasteiger partial charge < -0.3 is 28.3 Å². The first-order valence-corrected chi connectivity index (χ1v) is 7.34. The molecule has 11 heteroatoms. The number of rotatable bonds is 10. The van der Waals surface area contributed by atoms with E-state index in [0.29, 0.717) is 7.69 Å². The maximum atomic E-state index is 13.9. The molecule has 6 nitrogen and oxygen atoms in total. The lowest BCUT2D eigenvalue weighted by Gasteiger charge is -2.12. The number of ether oxygens (including phenoxy) is 4. The van der Waals surface area contributed by atoms with Crippen LogP contribution in [0.5, 0.6) is 23.0 Å². The van der Waals surface area contributed by atoms with E-state index in [9.17, 15) is 17.6 Å². The third kappa shape index (κ3) is 5.17. The zero-order chi connectivity index (χ0) is 19.8. The zero-order valence-electron chi connectivity index (χ0n) is 14.3. The van der Waals surface area contributed by atoms with Crippen LogP contribution in [0.2, 0.25) is 0 Å². The molecule has 0 fully saturated rings. The summed E-state index contributed by atoms with van der Waals surface area (Å²) in [7, 11) is 3.15. The first-order valence-electron chi connectivity index (χ1n) is 7.34. The van der Waals surface area contributed by atoms with Gasteiger partial charge in [0, 0.05) is 14.2 Å². The van der Waals surface area contributed by atoms with Crippen molar-refractivity contribution in [3.05, 3.63) is 47.5 Å². The van der Waals surface area contributed by atoms with E-state index < -0.39 is 34.8 Å². The molecule has 0 heterocycles. The summed E-state index contributed by atoms with van der Waals surface area (Å²) < 4.78 is 83.7. The fourth-order valence-corrected chi connectivity index (χ4v) is 1.81. The molecule has 0 aliphatic rings. The summed E-state index contributed by atoms with van der Waals surface area (Å²) in [5, 5.41) is 0. The van der Waals surface area contributed by atoms with Crippen LogP contribution in [0.3, 0.4) is 0 Å². The van der Waals surface area contributed by atoms with Gasteiger partial charge in [0.2, 0.25) is 23.3 Å². The van der Waals surface area contributed by atoms with Crippen LogP contribution in [0.1, 0.15) is 0 Å². The van der Waals surface area contributed by atoms with E-state index in [1.165, 1.54) is 14.2 Å². The highest BCUT2D eigenvalue weighted by Gasteiger charge is 2.19. The molecule has 0 saturated heterocycles. The summed E-state index contributed by atoms with van der Waals surface area (Å²) in [5.74, 6) is -7.23. The Kier molecular flexibility index (Phi) is 7.56. The molecule has 0 atom stereocenters. The number of hydrogen-bond acceptors (Lipinski definition) is 6. The second-order valence-electron chi connectivity index (χ2n) is 4.81. The minimum absolute atomic E-state index is 0.277. The zero-order valence-corrected chi connectivity index (χ0v) is 14.3. The average molecular weight is 389 g/mol. The lowest BCUT2D eigenvalue weighted by atomic mass is 10.2. The van der Waals surface area contributed by atoms with Crippen molar-refractivity contribution in [2.75, 3.05) is 27.8 Å². The average Bonchev–Trinajstić information content (AvgIpc) is 2.67. The molecule has 2 rings (SSSR count). The van der Waals surface area contributed by atoms with Crippen LogP contribution in [0.4, 0.5) is 17.6 Å². The Balaban J connectivity index is 2.00. The van der Waals surface area contributed by atoms with Gasteiger partial charge in [0.05, 0.1) is 0 Å². The standard InChI is InChI=1S/C16H14BF4O6/c1-22-7-24-9-3-5-11(15(20)13(9)18)26-17-27-12-6-4-10(25-8-23-2)14(19)16(12)21/h3-6H,7-8H2,1-2H3. The predicted molar refractivity (Wildman–Crippen MR) is 84.7 cm³/mol. The third-order valence-electron chi connectivity index (χ3n) is 3.04. The molecule has 0 N–H and O–H groups in total. The summed E-state index contributed by atoms with van der Waals surface area (Å²) in [6, 6.07) is 4.31. The van der Waals surface area contributed by atoms with Crippen molar-refractivity contribution in [1.29, 1.82) is 0 Å². The monoisotopic (exact) mass is 389 g/mol. The van der Waals surface area contributed by atoms with Crippen molar-refractivity contribution in [3.63, 3.8) is 0 Å². The maximum absolute atomic E-state index is 13.9. The van der Waals surface area contributed by atoms with Crippen molar-refractivity contribution in [2.24, 2.45) is 0 Å². The van der Waals surface area contributed by atoms with Gasteiger partial charge in [-0.2, -0.15) is 17.6 Å². The quantitative estimate of drug-likeness (QED) is 0.354. The van der Waals surface area contributed by atoms with E-state index in [1.54, 1.807) is 0 Å². The number of benzene rings is 2. The van der Waals surface area contributed by atoms with Crippen LogP contribution in [0.15, 0.2) is 24.3 Å². The smallest absolute Gasteiger partial charge is 0.524 e. The maximum Gasteiger partial charge on any atom is 0.658 e. The van der Waals surface area contributed by atoms with Gasteiger partial charge in [-0.15, -0.1) is 0 Å². The Morgan fingerprint density at radius 2 is 0.963 bits per heavy atom. The van der Waals surface area contributed by atoms with Gasteiger partial charge in [-0.1, -0.05) is 0 Å². The van der Waals surface area contributed by atoms with E-state index >= 15 is 0 Å². The Hall–Kier alpha value is -2.66. The predicted octanol–water partition coefficient (Wildman–Crippen LogP) is 3.20. The van der Waals surface area contributed by atoms with Gasteiger partial charge in [0.1, 0.15) is 11.5 Å². The number of hydrogen-bond donors (Lipinski definition) is 0. The van der Waals surface area contributed by atoms with Crippen molar-refractivity contribution in [2.45, 2.75) is 0 Å². The summed E-state index contributed by atoms with van der Waals surface area (Å²) >= 11 is 0. The van der Waals surface area contributed by atoms with Crippen LogP contribution < -0.4 is 18.8 Å². The molecule has 27 heavy (non-hydrogen) atoms. The molecular formula is C16H14BF4O6. The van der Waals surface area contributed by atoms with Gasteiger partial charge in [-0.05, 0) is 24.3 Å². The second kappa shape index (κ2) is 9.88. The Morgan fingerprint density at radius 1 is 0.630 bits per heavy atom. The molecule has 0 unspecified atom stereocenters. The fraction of sp³-hybridized carbons (Fsp3) is 0.250. The van der Waals surface area contributed by atoms with E-state index in [2.05, 4.69) is 9.47 Å². The van der Waals surface area contributed by atoms with E-state index in [4.69, 9.17) is 18.8 Å². The highest BCUT2D eigenvalue weighted by molar-refractivity contribution is 6.20.